The van der Waals surface area contributed by atoms with Gasteiger partial charge in [0.25, 0.3) is 0 Å². The third-order valence-electron chi connectivity index (χ3n) is 2.10. The summed E-state index contributed by atoms with van der Waals surface area (Å²) in [5.74, 6) is 0.624. The summed E-state index contributed by atoms with van der Waals surface area (Å²) in [6.45, 7) is 2.17. The summed E-state index contributed by atoms with van der Waals surface area (Å²) in [7, 11) is 0. The number of aromatic nitrogens is 2. The van der Waals surface area contributed by atoms with Gasteiger partial charge >= 0.3 is 0 Å². The molecule has 0 bridgehead atoms. The fourth-order valence-corrected chi connectivity index (χ4v) is 1.45. The van der Waals surface area contributed by atoms with Crippen LogP contribution in [0.2, 0.25) is 0 Å². The third kappa shape index (κ3) is 1.49. The lowest BCUT2D eigenvalue weighted by Gasteiger charge is -2.29. The van der Waals surface area contributed by atoms with Crippen LogP contribution in [0.15, 0.2) is 11.3 Å². The molecule has 76 valence electrons. The number of hydrogen-bond acceptors (Lipinski definition) is 5. The van der Waals surface area contributed by atoms with E-state index < -0.39 is 6.10 Å². The zero-order chi connectivity index (χ0) is 10.1. The molecule has 2 atom stereocenters. The summed E-state index contributed by atoms with van der Waals surface area (Å²) in [5, 5.41) is 9.24. The molecule has 14 heavy (non-hydrogen) atoms. The van der Waals surface area contributed by atoms with E-state index in [0.717, 1.165) is 5.69 Å². The molecular weight excluding hydrogens is 182 g/mol. The van der Waals surface area contributed by atoms with Crippen molar-refractivity contribution in [1.82, 2.24) is 14.9 Å². The number of β-amino-alcohol motifs (C(OH)–C–C–N with tert-alkyl or cyclic N) is 1. The highest BCUT2D eigenvalue weighted by molar-refractivity contribution is 5.65. The number of hydrogen-bond donors (Lipinski definition) is 3. The fourth-order valence-electron chi connectivity index (χ4n) is 1.45. The molecule has 2 rings (SSSR count). The van der Waals surface area contributed by atoms with Gasteiger partial charge in [-0.15, -0.1) is 0 Å². The zero-order valence-electron chi connectivity index (χ0n) is 7.88. The van der Waals surface area contributed by atoms with Gasteiger partial charge < -0.3 is 20.7 Å². The van der Waals surface area contributed by atoms with Crippen LogP contribution in [0.4, 0.5) is 5.82 Å². The Morgan fingerprint density at radius 1 is 1.79 bits per heavy atom. The van der Waals surface area contributed by atoms with Crippen molar-refractivity contribution < 1.29 is 5.11 Å². The van der Waals surface area contributed by atoms with E-state index >= 15 is 0 Å². The lowest BCUT2D eigenvalue weighted by molar-refractivity contribution is 0.144. The summed E-state index contributed by atoms with van der Waals surface area (Å²) < 4.78 is 0. The largest absolute Gasteiger partial charge is 0.392 e. The van der Waals surface area contributed by atoms with Crippen LogP contribution in [0, 0.1) is 0 Å². The van der Waals surface area contributed by atoms with E-state index in [1.807, 2.05) is 0 Å². The number of nitrogens with zero attached hydrogens (tertiary/aromatic N) is 3. The van der Waals surface area contributed by atoms with E-state index in [9.17, 15) is 5.11 Å². The van der Waals surface area contributed by atoms with Crippen molar-refractivity contribution in [1.29, 1.82) is 0 Å². The first kappa shape index (κ1) is 9.17. The van der Waals surface area contributed by atoms with Gasteiger partial charge in [-0.1, -0.05) is 0 Å². The van der Waals surface area contributed by atoms with Crippen molar-refractivity contribution in [3.05, 3.63) is 12.0 Å². The molecule has 6 heteroatoms. The molecule has 0 radical (unpaired) electrons. The molecule has 0 aliphatic carbocycles. The molecular formula is C8H13N5O. The quantitative estimate of drug-likeness (QED) is 0.605. The number of aliphatic imine (C=N–C) groups is 1. The summed E-state index contributed by atoms with van der Waals surface area (Å²) >= 11 is 0. The average molecular weight is 195 g/mol. The van der Waals surface area contributed by atoms with Crippen molar-refractivity contribution >= 4 is 12.2 Å². The van der Waals surface area contributed by atoms with Crippen LogP contribution in [-0.2, 0) is 0 Å². The molecule has 0 aromatic carbocycles. The number of rotatable bonds is 2. The normalized spacial score (nSPS) is 22.2. The Morgan fingerprint density at radius 2 is 2.57 bits per heavy atom. The van der Waals surface area contributed by atoms with Gasteiger partial charge in [0.05, 0.1) is 24.5 Å². The van der Waals surface area contributed by atoms with Crippen molar-refractivity contribution in [3.8, 4) is 0 Å². The first-order valence-electron chi connectivity index (χ1n) is 4.45. The maximum atomic E-state index is 9.24. The minimum Gasteiger partial charge on any atom is -0.392 e. The molecule has 0 amide bonds. The van der Waals surface area contributed by atoms with Crippen molar-refractivity contribution in [2.45, 2.75) is 19.2 Å². The Hall–Kier alpha value is -1.40. The van der Waals surface area contributed by atoms with E-state index in [0.29, 0.717) is 12.4 Å². The molecule has 1 aromatic rings. The molecule has 1 aliphatic rings. The van der Waals surface area contributed by atoms with Gasteiger partial charge in [0.1, 0.15) is 6.17 Å². The number of nitrogens with two attached hydrogens (primary N) is 1. The molecule has 2 heterocycles. The molecule has 0 saturated heterocycles. The number of aromatic amines is 1. The van der Waals surface area contributed by atoms with Crippen LogP contribution in [0.1, 0.15) is 18.8 Å². The maximum Gasteiger partial charge on any atom is 0.178 e. The molecule has 1 aliphatic heterocycles. The van der Waals surface area contributed by atoms with E-state index in [1.54, 1.807) is 24.5 Å². The lowest BCUT2D eigenvalue weighted by atomic mass is 10.2. The topological polar surface area (TPSA) is 90.5 Å². The Balaban J connectivity index is 2.19. The third-order valence-corrected chi connectivity index (χ3v) is 2.10. The smallest absolute Gasteiger partial charge is 0.178 e. The Labute approximate surface area is 81.5 Å². The van der Waals surface area contributed by atoms with E-state index in [2.05, 4.69) is 15.0 Å². The first-order chi connectivity index (χ1) is 6.68. The lowest BCUT2D eigenvalue weighted by Crippen LogP contribution is -2.39. The number of imidazole rings is 1. The van der Waals surface area contributed by atoms with Gasteiger partial charge in [0.2, 0.25) is 0 Å². The fraction of sp³-hybridized carbons (Fsp3) is 0.500. The number of H-pyrrole nitrogens is 1. The van der Waals surface area contributed by atoms with Crippen molar-refractivity contribution in [3.63, 3.8) is 0 Å². The molecule has 6 nitrogen and oxygen atoms in total. The standard InChI is InChI=1S/C8H13N5O/c1-5(14)2-13-4-12-8-6(7(13)9)10-3-11-8/h3-5,7,14H,2,9H2,1H3,(H,10,11). The summed E-state index contributed by atoms with van der Waals surface area (Å²) in [6, 6.07) is 0. The van der Waals surface area contributed by atoms with Crippen LogP contribution in [0.5, 0.6) is 0 Å². The summed E-state index contributed by atoms with van der Waals surface area (Å²) in [5.41, 5.74) is 6.72. The average Bonchev–Trinajstić information content (AvgIpc) is 2.57. The Morgan fingerprint density at radius 3 is 3.29 bits per heavy atom. The van der Waals surface area contributed by atoms with E-state index in [-0.39, 0.29) is 6.17 Å². The minimum atomic E-state index is -0.433. The number of aliphatic hydroxyl groups is 1. The van der Waals surface area contributed by atoms with E-state index in [4.69, 9.17) is 5.73 Å². The second-order valence-electron chi connectivity index (χ2n) is 3.38. The summed E-state index contributed by atoms with van der Waals surface area (Å²) in [4.78, 5) is 12.8. The molecule has 1 aromatic heterocycles. The van der Waals surface area contributed by atoms with Gasteiger partial charge in [-0.2, -0.15) is 0 Å². The van der Waals surface area contributed by atoms with Crippen LogP contribution in [-0.4, -0.2) is 39.0 Å². The van der Waals surface area contributed by atoms with Crippen LogP contribution in [0.25, 0.3) is 0 Å². The maximum absolute atomic E-state index is 9.24. The van der Waals surface area contributed by atoms with Gasteiger partial charge in [-0.25, -0.2) is 9.98 Å². The Kier molecular flexibility index (Phi) is 2.22. The van der Waals surface area contributed by atoms with Crippen molar-refractivity contribution in [2.24, 2.45) is 10.7 Å². The van der Waals surface area contributed by atoms with Crippen LogP contribution in [0.3, 0.4) is 0 Å². The van der Waals surface area contributed by atoms with Gasteiger partial charge in [0, 0.05) is 6.54 Å². The SMILES string of the molecule is CC(O)CN1C=Nc2nc[nH]c2C1N. The molecule has 0 spiro atoms. The van der Waals surface area contributed by atoms with Crippen molar-refractivity contribution in [2.75, 3.05) is 6.54 Å². The number of nitrogens with one attached hydrogen (secondary N) is 1. The highest BCUT2D eigenvalue weighted by Gasteiger charge is 2.23. The molecule has 4 N–H and O–H groups in total. The van der Waals surface area contributed by atoms with Crippen LogP contribution < -0.4 is 5.73 Å². The second kappa shape index (κ2) is 3.39. The number of aliphatic hydroxyl groups excluding tert-OH is 1. The molecule has 2 unspecified atom stereocenters. The van der Waals surface area contributed by atoms with Gasteiger partial charge in [-0.05, 0) is 6.92 Å². The van der Waals surface area contributed by atoms with Gasteiger partial charge in [-0.3, -0.25) is 0 Å². The predicted molar refractivity (Wildman–Crippen MR) is 52.1 cm³/mol. The highest BCUT2D eigenvalue weighted by Crippen LogP contribution is 2.25. The number of fused-ring (bicyclic) bond motifs is 1. The summed E-state index contributed by atoms with van der Waals surface area (Å²) in [6.07, 6.45) is 2.44. The van der Waals surface area contributed by atoms with E-state index in [1.165, 1.54) is 0 Å². The highest BCUT2D eigenvalue weighted by atomic mass is 16.3. The minimum absolute atomic E-state index is 0.306. The van der Waals surface area contributed by atoms with Gasteiger partial charge in [0.15, 0.2) is 5.82 Å². The second-order valence-corrected chi connectivity index (χ2v) is 3.38. The monoisotopic (exact) mass is 195 g/mol. The zero-order valence-corrected chi connectivity index (χ0v) is 7.88. The Bertz CT molecular complexity index is 345. The first-order valence-corrected chi connectivity index (χ1v) is 4.45. The molecule has 0 fully saturated rings. The van der Waals surface area contributed by atoms with Crippen LogP contribution >= 0.6 is 0 Å². The predicted octanol–water partition coefficient (Wildman–Crippen LogP) is -0.277. The molecule has 0 saturated carbocycles.